The quantitative estimate of drug-likeness (QED) is 0.648. The SMILES string of the molecule is Cc1csc(CC(Cc2ccc(Br)cc2F)NN)n1. The molecule has 0 saturated carbocycles. The van der Waals surface area contributed by atoms with E-state index in [1.807, 2.05) is 18.4 Å². The number of nitrogens with zero attached hydrogens (tertiary/aromatic N) is 1. The normalized spacial score (nSPS) is 12.6. The fraction of sp³-hybridized carbons (Fsp3) is 0.308. The summed E-state index contributed by atoms with van der Waals surface area (Å²) in [6.45, 7) is 1.96. The summed E-state index contributed by atoms with van der Waals surface area (Å²) in [7, 11) is 0. The molecule has 0 radical (unpaired) electrons. The number of hydrogen-bond donors (Lipinski definition) is 2. The van der Waals surface area contributed by atoms with Gasteiger partial charge in [-0.05, 0) is 31.0 Å². The number of halogens is 2. The van der Waals surface area contributed by atoms with Gasteiger partial charge in [-0.1, -0.05) is 22.0 Å². The van der Waals surface area contributed by atoms with Crippen LogP contribution in [0.25, 0.3) is 0 Å². The van der Waals surface area contributed by atoms with Crippen LogP contribution in [-0.4, -0.2) is 11.0 Å². The summed E-state index contributed by atoms with van der Waals surface area (Å²) in [5.74, 6) is 5.33. The van der Waals surface area contributed by atoms with Crippen LogP contribution in [0.15, 0.2) is 28.1 Å². The Morgan fingerprint density at radius 3 is 2.84 bits per heavy atom. The van der Waals surface area contributed by atoms with Crippen molar-refractivity contribution in [1.29, 1.82) is 0 Å². The standard InChI is InChI=1S/C13H15BrFN3S/c1-8-7-19-13(17-8)6-11(18-16)4-9-2-3-10(14)5-12(9)15/h2-3,5,7,11,18H,4,6,16H2,1H3. The molecule has 0 bridgehead atoms. The van der Waals surface area contributed by atoms with Gasteiger partial charge in [0.15, 0.2) is 0 Å². The van der Waals surface area contributed by atoms with E-state index >= 15 is 0 Å². The van der Waals surface area contributed by atoms with Gasteiger partial charge < -0.3 is 0 Å². The molecule has 102 valence electrons. The third-order valence-corrected chi connectivity index (χ3v) is 4.29. The average molecular weight is 344 g/mol. The number of aromatic nitrogens is 1. The summed E-state index contributed by atoms with van der Waals surface area (Å²) in [5.41, 5.74) is 4.40. The molecule has 0 aliphatic carbocycles. The Balaban J connectivity index is 2.06. The van der Waals surface area contributed by atoms with Gasteiger partial charge in [-0.2, -0.15) is 0 Å². The molecule has 3 N–H and O–H groups in total. The molecule has 19 heavy (non-hydrogen) atoms. The van der Waals surface area contributed by atoms with Crippen molar-refractivity contribution in [3.63, 3.8) is 0 Å². The molecular weight excluding hydrogens is 329 g/mol. The number of hydrazine groups is 1. The maximum absolute atomic E-state index is 13.8. The van der Waals surface area contributed by atoms with E-state index in [0.29, 0.717) is 18.4 Å². The van der Waals surface area contributed by atoms with Gasteiger partial charge in [0.1, 0.15) is 5.82 Å². The van der Waals surface area contributed by atoms with Crippen LogP contribution in [0, 0.1) is 12.7 Å². The van der Waals surface area contributed by atoms with Crippen LogP contribution in [0.2, 0.25) is 0 Å². The molecule has 1 unspecified atom stereocenters. The van der Waals surface area contributed by atoms with E-state index in [2.05, 4.69) is 26.3 Å². The van der Waals surface area contributed by atoms with Crippen LogP contribution >= 0.6 is 27.3 Å². The second kappa shape index (κ2) is 6.56. The van der Waals surface area contributed by atoms with Gasteiger partial charge in [0.25, 0.3) is 0 Å². The first-order chi connectivity index (χ1) is 9.08. The van der Waals surface area contributed by atoms with E-state index in [4.69, 9.17) is 5.84 Å². The van der Waals surface area contributed by atoms with Crippen molar-refractivity contribution in [2.75, 3.05) is 0 Å². The molecule has 2 rings (SSSR count). The summed E-state index contributed by atoms with van der Waals surface area (Å²) in [6.07, 6.45) is 1.23. The molecule has 0 aliphatic heterocycles. The zero-order valence-corrected chi connectivity index (χ0v) is 12.9. The summed E-state index contributed by atoms with van der Waals surface area (Å²) in [4.78, 5) is 4.40. The minimum absolute atomic E-state index is 0.0266. The molecule has 3 nitrogen and oxygen atoms in total. The van der Waals surface area contributed by atoms with Crippen molar-refractivity contribution < 1.29 is 4.39 Å². The predicted molar refractivity (Wildman–Crippen MR) is 79.5 cm³/mol. The van der Waals surface area contributed by atoms with Crippen molar-refractivity contribution in [3.05, 3.63) is 50.1 Å². The highest BCUT2D eigenvalue weighted by atomic mass is 79.9. The second-order valence-corrected chi connectivity index (χ2v) is 6.25. The Morgan fingerprint density at radius 2 is 2.26 bits per heavy atom. The molecule has 0 spiro atoms. The highest BCUT2D eigenvalue weighted by Gasteiger charge is 2.13. The smallest absolute Gasteiger partial charge is 0.127 e. The highest BCUT2D eigenvalue weighted by molar-refractivity contribution is 9.10. The number of nitrogens with two attached hydrogens (primary N) is 1. The number of benzene rings is 1. The van der Waals surface area contributed by atoms with Crippen LogP contribution in [0.1, 0.15) is 16.3 Å². The lowest BCUT2D eigenvalue weighted by molar-refractivity contribution is 0.505. The zero-order chi connectivity index (χ0) is 13.8. The van der Waals surface area contributed by atoms with Crippen LogP contribution in [-0.2, 0) is 12.8 Å². The Morgan fingerprint density at radius 1 is 1.47 bits per heavy atom. The molecule has 1 aromatic heterocycles. The van der Waals surface area contributed by atoms with E-state index in [-0.39, 0.29) is 11.9 Å². The molecule has 6 heteroatoms. The molecular formula is C13H15BrFN3S. The van der Waals surface area contributed by atoms with Gasteiger partial charge >= 0.3 is 0 Å². The number of aryl methyl sites for hydroxylation is 1. The monoisotopic (exact) mass is 343 g/mol. The van der Waals surface area contributed by atoms with E-state index < -0.39 is 0 Å². The maximum atomic E-state index is 13.8. The maximum Gasteiger partial charge on any atom is 0.127 e. The molecule has 2 aromatic rings. The fourth-order valence-corrected chi connectivity index (χ4v) is 3.04. The summed E-state index contributed by atoms with van der Waals surface area (Å²) < 4.78 is 14.5. The largest absolute Gasteiger partial charge is 0.271 e. The van der Waals surface area contributed by atoms with E-state index in [9.17, 15) is 4.39 Å². The van der Waals surface area contributed by atoms with Gasteiger partial charge in [0.2, 0.25) is 0 Å². The minimum Gasteiger partial charge on any atom is -0.271 e. The number of rotatable bonds is 5. The Labute approximate surface area is 124 Å². The summed E-state index contributed by atoms with van der Waals surface area (Å²) in [6, 6.07) is 5.05. The number of hydrogen-bond acceptors (Lipinski definition) is 4. The predicted octanol–water partition coefficient (Wildman–Crippen LogP) is 2.97. The first-order valence-electron chi connectivity index (χ1n) is 5.89. The van der Waals surface area contributed by atoms with Gasteiger partial charge in [0.05, 0.1) is 5.01 Å². The molecule has 0 aliphatic rings. The van der Waals surface area contributed by atoms with Crippen molar-refractivity contribution in [1.82, 2.24) is 10.4 Å². The summed E-state index contributed by atoms with van der Waals surface area (Å²) >= 11 is 4.85. The van der Waals surface area contributed by atoms with Crippen LogP contribution in [0.3, 0.4) is 0 Å². The van der Waals surface area contributed by atoms with E-state index in [0.717, 1.165) is 15.2 Å². The number of thiazole rings is 1. The third kappa shape index (κ3) is 4.07. The van der Waals surface area contributed by atoms with Crippen molar-refractivity contribution in [2.24, 2.45) is 5.84 Å². The Hall–Kier alpha value is -0.820. The first kappa shape index (κ1) is 14.6. The fourth-order valence-electron chi connectivity index (χ4n) is 1.85. The average Bonchev–Trinajstić information content (AvgIpc) is 2.77. The van der Waals surface area contributed by atoms with Gasteiger partial charge in [-0.15, -0.1) is 11.3 Å². The molecule has 1 aromatic carbocycles. The second-order valence-electron chi connectivity index (χ2n) is 4.39. The lowest BCUT2D eigenvalue weighted by atomic mass is 10.0. The molecule has 0 amide bonds. The molecule has 0 saturated heterocycles. The lowest BCUT2D eigenvalue weighted by Crippen LogP contribution is -2.38. The minimum atomic E-state index is -0.218. The number of nitrogens with one attached hydrogen (secondary N) is 1. The van der Waals surface area contributed by atoms with E-state index in [1.165, 1.54) is 6.07 Å². The Kier molecular flexibility index (Phi) is 5.04. The highest BCUT2D eigenvalue weighted by Crippen LogP contribution is 2.18. The van der Waals surface area contributed by atoms with Crippen molar-refractivity contribution >= 4 is 27.3 Å². The molecule has 1 atom stereocenters. The van der Waals surface area contributed by atoms with Crippen LogP contribution in [0.5, 0.6) is 0 Å². The van der Waals surface area contributed by atoms with Crippen molar-refractivity contribution in [3.8, 4) is 0 Å². The van der Waals surface area contributed by atoms with Gasteiger partial charge in [-0.25, -0.2) is 9.37 Å². The Bertz CT molecular complexity index is 559. The lowest BCUT2D eigenvalue weighted by Gasteiger charge is -2.15. The van der Waals surface area contributed by atoms with Crippen LogP contribution < -0.4 is 11.3 Å². The van der Waals surface area contributed by atoms with Gasteiger partial charge in [0, 0.05) is 28.0 Å². The first-order valence-corrected chi connectivity index (χ1v) is 7.57. The van der Waals surface area contributed by atoms with Gasteiger partial charge in [-0.3, -0.25) is 11.3 Å². The summed E-state index contributed by atoms with van der Waals surface area (Å²) in [5, 5.41) is 3.02. The molecule has 0 fully saturated rings. The molecule has 1 heterocycles. The zero-order valence-electron chi connectivity index (χ0n) is 10.5. The third-order valence-electron chi connectivity index (χ3n) is 2.80. The van der Waals surface area contributed by atoms with E-state index in [1.54, 1.807) is 17.4 Å². The topological polar surface area (TPSA) is 50.9 Å². The van der Waals surface area contributed by atoms with Crippen molar-refractivity contribution in [2.45, 2.75) is 25.8 Å². The van der Waals surface area contributed by atoms with Crippen LogP contribution in [0.4, 0.5) is 4.39 Å².